The van der Waals surface area contributed by atoms with Crippen LogP contribution >= 0.6 is 22.6 Å². The minimum atomic E-state index is -3.67. The fraction of sp³-hybridized carbons (Fsp3) is 0.0667. The molecule has 3 aromatic rings. The fourth-order valence-electron chi connectivity index (χ4n) is 2.04. The molecule has 1 aromatic heterocycles. The molecule has 0 aliphatic heterocycles. The largest absolute Gasteiger partial charge is 0.305 e. The van der Waals surface area contributed by atoms with Crippen LogP contribution in [0.2, 0.25) is 0 Å². The summed E-state index contributed by atoms with van der Waals surface area (Å²) in [6.45, 7) is 1.90. The van der Waals surface area contributed by atoms with E-state index in [9.17, 15) is 8.42 Å². The lowest BCUT2D eigenvalue weighted by Crippen LogP contribution is -2.30. The molecule has 0 fully saturated rings. The van der Waals surface area contributed by atoms with Gasteiger partial charge in [0.1, 0.15) is 3.70 Å². The van der Waals surface area contributed by atoms with E-state index in [4.69, 9.17) is 0 Å². The average molecular weight is 440 g/mol. The van der Waals surface area contributed by atoms with Gasteiger partial charge in [0.05, 0.1) is 16.1 Å². The van der Waals surface area contributed by atoms with Gasteiger partial charge in [-0.15, -0.1) is 15.0 Å². The van der Waals surface area contributed by atoms with Gasteiger partial charge < -0.3 is 5.43 Å². The van der Waals surface area contributed by atoms with Crippen molar-refractivity contribution in [2.45, 2.75) is 11.8 Å². The molecule has 0 unspecified atom stereocenters. The minimum absolute atomic E-state index is 0.192. The lowest BCUT2D eigenvalue weighted by molar-refractivity contribution is 0.587. The van der Waals surface area contributed by atoms with Gasteiger partial charge in [0, 0.05) is 5.39 Å². The zero-order valence-electron chi connectivity index (χ0n) is 12.1. The van der Waals surface area contributed by atoms with E-state index in [1.165, 1.54) is 0 Å². The number of nitrogens with one attached hydrogen (secondary N) is 2. The number of fused-ring (bicyclic) bond motifs is 1. The molecule has 0 aliphatic rings. The number of aromatic nitrogens is 2. The molecule has 0 aliphatic carbocycles. The highest BCUT2D eigenvalue weighted by atomic mass is 127. The number of rotatable bonds is 4. The zero-order valence-corrected chi connectivity index (χ0v) is 15.1. The van der Waals surface area contributed by atoms with Crippen LogP contribution < -0.4 is 10.3 Å². The number of hydrogen-bond donors (Lipinski definition) is 2. The third-order valence-electron chi connectivity index (χ3n) is 3.27. The van der Waals surface area contributed by atoms with Crippen molar-refractivity contribution in [1.82, 2.24) is 15.0 Å². The molecule has 0 atom stereocenters. The Labute approximate surface area is 147 Å². The highest BCUT2D eigenvalue weighted by Gasteiger charge is 2.15. The van der Waals surface area contributed by atoms with E-state index in [0.29, 0.717) is 14.9 Å². The van der Waals surface area contributed by atoms with Gasteiger partial charge in [-0.05, 0) is 47.7 Å². The van der Waals surface area contributed by atoms with E-state index in [0.717, 1.165) is 10.9 Å². The molecule has 8 heteroatoms. The zero-order chi connectivity index (χ0) is 16.4. The maximum absolute atomic E-state index is 12.4. The first-order chi connectivity index (χ1) is 11.0. The Bertz CT molecular complexity index is 959. The summed E-state index contributed by atoms with van der Waals surface area (Å²) >= 11 is 2.01. The second-order valence-electron chi connectivity index (χ2n) is 4.93. The van der Waals surface area contributed by atoms with Crippen LogP contribution in [-0.2, 0) is 10.0 Å². The van der Waals surface area contributed by atoms with Gasteiger partial charge in [0.25, 0.3) is 10.0 Å². The van der Waals surface area contributed by atoms with Crippen molar-refractivity contribution in [3.8, 4) is 0 Å². The summed E-state index contributed by atoms with van der Waals surface area (Å²) in [4.78, 5) is 2.59. The van der Waals surface area contributed by atoms with E-state index in [-0.39, 0.29) is 4.90 Å². The van der Waals surface area contributed by atoms with Crippen LogP contribution in [0, 0.1) is 10.6 Å². The molecule has 23 heavy (non-hydrogen) atoms. The van der Waals surface area contributed by atoms with Crippen LogP contribution in [0.3, 0.4) is 0 Å². The van der Waals surface area contributed by atoms with Crippen LogP contribution in [0.4, 0.5) is 5.69 Å². The van der Waals surface area contributed by atoms with Crippen molar-refractivity contribution in [1.29, 1.82) is 0 Å². The quantitative estimate of drug-likeness (QED) is 0.482. The molecule has 0 bridgehead atoms. The molecule has 118 valence electrons. The van der Waals surface area contributed by atoms with Gasteiger partial charge in [0.15, 0.2) is 0 Å². The summed E-state index contributed by atoms with van der Waals surface area (Å²) in [6.07, 6.45) is 0. The second-order valence-corrected chi connectivity index (χ2v) is 7.63. The summed E-state index contributed by atoms with van der Waals surface area (Å²) in [5, 5.41) is 8.90. The van der Waals surface area contributed by atoms with E-state index in [1.54, 1.807) is 24.3 Å². The number of halogens is 1. The molecule has 0 spiro atoms. The Morgan fingerprint density at radius 2 is 1.70 bits per heavy atom. The summed E-state index contributed by atoms with van der Waals surface area (Å²) in [7, 11) is -3.67. The van der Waals surface area contributed by atoms with Gasteiger partial charge in [-0.1, -0.05) is 35.9 Å². The van der Waals surface area contributed by atoms with Crippen LogP contribution in [0.25, 0.3) is 10.9 Å². The Hall–Kier alpha value is -1.78. The fourth-order valence-corrected chi connectivity index (χ4v) is 3.43. The van der Waals surface area contributed by atoms with E-state index < -0.39 is 10.0 Å². The molecule has 0 saturated heterocycles. The first kappa shape index (κ1) is 16.1. The molecule has 2 N–H and O–H groups in total. The molecule has 0 amide bonds. The van der Waals surface area contributed by atoms with Gasteiger partial charge in [0.2, 0.25) is 0 Å². The minimum Gasteiger partial charge on any atom is -0.305 e. The van der Waals surface area contributed by atoms with Gasteiger partial charge >= 0.3 is 0 Å². The van der Waals surface area contributed by atoms with E-state index in [2.05, 4.69) is 20.5 Å². The summed E-state index contributed by atoms with van der Waals surface area (Å²) in [6, 6.07) is 14.0. The lowest BCUT2D eigenvalue weighted by atomic mass is 10.2. The number of sulfonamides is 1. The summed E-state index contributed by atoms with van der Waals surface area (Å²) in [5.41, 5.74) is 5.02. The van der Waals surface area contributed by atoms with Crippen LogP contribution in [0.5, 0.6) is 0 Å². The van der Waals surface area contributed by atoms with Crippen molar-refractivity contribution in [2.24, 2.45) is 0 Å². The number of benzene rings is 2. The smallest absolute Gasteiger partial charge is 0.257 e. The molecular formula is C15H13IN4O2S. The van der Waals surface area contributed by atoms with Gasteiger partial charge in [-0.3, -0.25) is 0 Å². The van der Waals surface area contributed by atoms with Gasteiger partial charge in [-0.25, -0.2) is 8.42 Å². The topological polar surface area (TPSA) is 84.0 Å². The lowest BCUT2D eigenvalue weighted by Gasteiger charge is -2.12. The number of hydrogen-bond acceptors (Lipinski definition) is 5. The predicted molar refractivity (Wildman–Crippen MR) is 97.4 cm³/mol. The van der Waals surface area contributed by atoms with E-state index >= 15 is 0 Å². The number of anilines is 1. The van der Waals surface area contributed by atoms with E-state index in [1.807, 2.05) is 53.8 Å². The normalized spacial score (nSPS) is 11.6. The third-order valence-corrected chi connectivity index (χ3v) is 5.29. The molecule has 2 aromatic carbocycles. The molecule has 3 rings (SSSR count). The number of aryl methyl sites for hydroxylation is 1. The maximum atomic E-state index is 12.4. The van der Waals surface area contributed by atoms with Crippen molar-refractivity contribution in [3.63, 3.8) is 0 Å². The monoisotopic (exact) mass is 440 g/mol. The molecule has 0 radical (unpaired) electrons. The molecule has 0 saturated carbocycles. The van der Waals surface area contributed by atoms with Crippen LogP contribution in [0.15, 0.2) is 53.4 Å². The number of nitrogens with zero attached hydrogens (tertiary/aromatic N) is 2. The third kappa shape index (κ3) is 3.43. The Kier molecular flexibility index (Phi) is 4.46. The van der Waals surface area contributed by atoms with Crippen molar-refractivity contribution < 1.29 is 8.42 Å². The average Bonchev–Trinajstić information content (AvgIpc) is 2.54. The summed E-state index contributed by atoms with van der Waals surface area (Å²) in [5.74, 6) is 0. The Morgan fingerprint density at radius 1 is 1.00 bits per heavy atom. The van der Waals surface area contributed by atoms with Crippen LogP contribution in [0.1, 0.15) is 5.56 Å². The highest BCUT2D eigenvalue weighted by molar-refractivity contribution is 14.1. The standard InChI is InChI=1S/C15H13IN4O2S/c1-10-6-8-11(9-7-10)23(21,22)20-18-14-12-4-2-3-5-13(12)17-19-15(14)16/h2-9,20H,1H3,(H,17,18). The molecule has 6 nitrogen and oxygen atoms in total. The Morgan fingerprint density at radius 3 is 2.43 bits per heavy atom. The first-order valence-electron chi connectivity index (χ1n) is 6.73. The van der Waals surface area contributed by atoms with Crippen molar-refractivity contribution in [2.75, 3.05) is 5.43 Å². The maximum Gasteiger partial charge on any atom is 0.257 e. The SMILES string of the molecule is Cc1ccc(S(=O)(=O)NNc2c(I)nnc3ccccc23)cc1. The second kappa shape index (κ2) is 6.38. The predicted octanol–water partition coefficient (Wildman–Crippen LogP) is 2.85. The van der Waals surface area contributed by atoms with Gasteiger partial charge in [-0.2, -0.15) is 0 Å². The van der Waals surface area contributed by atoms with Crippen molar-refractivity contribution >= 4 is 49.2 Å². The molecule has 1 heterocycles. The number of hydrazine groups is 1. The van der Waals surface area contributed by atoms with Crippen molar-refractivity contribution in [3.05, 3.63) is 57.8 Å². The van der Waals surface area contributed by atoms with Crippen LogP contribution in [-0.4, -0.2) is 18.6 Å². The Balaban J connectivity index is 1.91. The first-order valence-corrected chi connectivity index (χ1v) is 9.29. The summed E-state index contributed by atoms with van der Waals surface area (Å²) < 4.78 is 25.3. The molecular weight excluding hydrogens is 427 g/mol. The highest BCUT2D eigenvalue weighted by Crippen LogP contribution is 2.25.